The van der Waals surface area contributed by atoms with Gasteiger partial charge >= 0.3 is 19.9 Å². The van der Waals surface area contributed by atoms with Gasteiger partial charge in [-0.05, 0) is 48.3 Å². The summed E-state index contributed by atoms with van der Waals surface area (Å²) in [5, 5.41) is 86.2. The molecule has 0 saturated carbocycles. The van der Waals surface area contributed by atoms with Gasteiger partial charge in [0.2, 0.25) is 11.8 Å². The average molecular weight is 1120 g/mol. The number of hydrogen-bond acceptors (Lipinski definition) is 21. The molecule has 0 spiro atoms. The molecular weight excluding hydrogens is 1030 g/mol. The fourth-order valence-electron chi connectivity index (χ4n) is 9.45. The van der Waals surface area contributed by atoms with Crippen LogP contribution in [-0.2, 0) is 61.2 Å². The van der Waals surface area contributed by atoms with Crippen LogP contribution in [0, 0.1) is 29.1 Å². The smallest absolute Gasteiger partial charge is 0.474 e. The molecule has 14 N–H and O–H groups in total. The van der Waals surface area contributed by atoms with E-state index in [9.17, 15) is 69.5 Å². The summed E-state index contributed by atoms with van der Waals surface area (Å²) in [7, 11) is -5.58. The number of hydrogen-bond donors (Lipinski definition) is 12. The number of carbonyl (C=O) groups is 4. The lowest BCUT2D eigenvalue weighted by molar-refractivity contribution is -0.365. The largest absolute Gasteiger partial charge is 0.479 e. The third kappa shape index (κ3) is 21.7. The van der Waals surface area contributed by atoms with Crippen LogP contribution in [0.3, 0.4) is 0 Å². The van der Waals surface area contributed by atoms with Gasteiger partial charge in [0, 0.05) is 13.5 Å². The van der Waals surface area contributed by atoms with Crippen LogP contribution < -0.4 is 16.8 Å². The number of primary amides is 2. The molecule has 3 heterocycles. The maximum atomic E-state index is 13.6. The Morgan fingerprint density at radius 2 is 1.26 bits per heavy atom. The van der Waals surface area contributed by atoms with Gasteiger partial charge in [0.1, 0.15) is 54.9 Å². The summed E-state index contributed by atoms with van der Waals surface area (Å²) in [6.45, 7) is 13.8. The molecule has 27 heteroatoms. The van der Waals surface area contributed by atoms with E-state index in [-0.39, 0.29) is 17.9 Å². The van der Waals surface area contributed by atoms with Crippen LogP contribution in [0.15, 0.2) is 0 Å². The van der Waals surface area contributed by atoms with E-state index in [1.165, 1.54) is 38.5 Å². The number of unbranched alkanes of at least 4 members (excludes halogenated alkanes) is 1. The van der Waals surface area contributed by atoms with Crippen LogP contribution in [0.4, 0.5) is 4.79 Å². The van der Waals surface area contributed by atoms with Crippen molar-refractivity contribution in [3.8, 4) is 0 Å². The van der Waals surface area contributed by atoms with Gasteiger partial charge < -0.3 is 95.7 Å². The Bertz CT molecular complexity index is 1820. The van der Waals surface area contributed by atoms with E-state index in [1.807, 2.05) is 6.92 Å². The third-order valence-electron chi connectivity index (χ3n) is 14.3. The zero-order valence-corrected chi connectivity index (χ0v) is 46.1. The van der Waals surface area contributed by atoms with Gasteiger partial charge in [0.05, 0.1) is 19.8 Å². The monoisotopic (exact) mass is 1120 g/mol. The first-order valence-corrected chi connectivity index (χ1v) is 27.9. The number of rotatable bonds is 34. The lowest BCUT2D eigenvalue weighted by Crippen LogP contribution is -2.70. The van der Waals surface area contributed by atoms with Gasteiger partial charge in [0.15, 0.2) is 43.3 Å². The molecule has 0 aromatic rings. The molecule has 0 bridgehead atoms. The number of aliphatic hydroxyl groups is 7. The molecule has 0 aliphatic carbocycles. The lowest BCUT2D eigenvalue weighted by Gasteiger charge is -2.49. The first kappa shape index (κ1) is 67.5. The Hall–Kier alpha value is -2.73. The van der Waals surface area contributed by atoms with E-state index in [0.717, 1.165) is 50.9 Å². The normalized spacial score (nSPS) is 32.7. The highest BCUT2D eigenvalue weighted by molar-refractivity contribution is 7.47. The third-order valence-corrected chi connectivity index (χ3v) is 15.2. The second-order valence-electron chi connectivity index (χ2n) is 22.1. The molecule has 76 heavy (non-hydrogen) atoms. The summed E-state index contributed by atoms with van der Waals surface area (Å²) >= 11 is 0. The number of carboxylic acids is 1. The minimum Gasteiger partial charge on any atom is -0.479 e. The minimum absolute atomic E-state index is 0.0598. The van der Waals surface area contributed by atoms with Crippen LogP contribution >= 0.6 is 7.82 Å². The van der Waals surface area contributed by atoms with E-state index in [2.05, 4.69) is 46.9 Å². The van der Waals surface area contributed by atoms with Crippen molar-refractivity contribution in [1.29, 1.82) is 0 Å². The maximum Gasteiger partial charge on any atom is 0.474 e. The number of phosphoric ester groups is 1. The van der Waals surface area contributed by atoms with Gasteiger partial charge in [0.25, 0.3) is 0 Å². The topological polar surface area (TPSA) is 415 Å². The first-order valence-electron chi connectivity index (χ1n) is 26.4. The first-order chi connectivity index (χ1) is 35.5. The summed E-state index contributed by atoms with van der Waals surface area (Å²) in [6, 6.07) is -1.83. The van der Waals surface area contributed by atoms with E-state index >= 15 is 0 Å². The predicted molar refractivity (Wildman–Crippen MR) is 267 cm³/mol. The standard InChI is InChI=1S/C49H90N3O23P/c1-25(2)12-11-14-26(3)15-16-28(5)17-20-49(7,8)19-10-9-13-27(4)18-21-67-32(44(62)63)24-68-76(65,66)75-47-42(40(74-48(51)64)38(60)41(72-47)43(50)61)73-45-33(52-29(6)55)35(57)39(31(23-54)70-45)71-46-37(59)36(58)34(56)30(22-53)69-46/h25-28,30-42,45-47,53-54,56-60H,9-24H2,1-8H3,(H2,50,61)(H2,51,64)(H,52,55)(H,62,63)(H,65,66)/t26?,27?,28?,30-,31-,32-,33-,34+,35-,36+,37-,38-,39-,40+,41+,42-,45+,46+,47-/m1/s1. The number of aliphatic hydroxyl groups excluding tert-OH is 7. The molecule has 3 rings (SSSR count). The molecule has 3 aliphatic heterocycles. The Morgan fingerprint density at radius 3 is 1.84 bits per heavy atom. The van der Waals surface area contributed by atoms with Gasteiger partial charge in [-0.2, -0.15) is 0 Å². The van der Waals surface area contributed by atoms with Crippen molar-refractivity contribution in [2.24, 2.45) is 40.6 Å². The molecule has 3 saturated heterocycles. The molecule has 0 aromatic carbocycles. The highest BCUT2D eigenvalue weighted by atomic mass is 31.2. The van der Waals surface area contributed by atoms with Crippen molar-refractivity contribution in [3.05, 3.63) is 0 Å². The molecule has 3 amide bonds. The van der Waals surface area contributed by atoms with Gasteiger partial charge in [-0.3, -0.25) is 18.6 Å². The number of ether oxygens (including phenoxy) is 7. The SMILES string of the molecule is CC(=O)N[C@H]1[C@H](O[C@H]2[C@@H](OP(=O)(O)OC[C@@H](OCCC(C)CCCCC(C)(C)CCC(C)CCC(C)CCCC(C)C)C(=O)O)O[C@H](C(N)=O)[C@H](O)[C@@H]2OC(N)=O)O[C@H](CO)[C@@H](O[C@@H]2O[C@H](CO)[C@H](O)[C@H](O)[C@H]2O)[C@@H]1O. The van der Waals surface area contributed by atoms with Crippen molar-refractivity contribution in [2.75, 3.05) is 26.4 Å². The van der Waals surface area contributed by atoms with E-state index < -0.39 is 150 Å². The fourth-order valence-corrected chi connectivity index (χ4v) is 10.3. The summed E-state index contributed by atoms with van der Waals surface area (Å²) < 4.78 is 62.6. The molecule has 3 aliphatic rings. The van der Waals surface area contributed by atoms with Crippen LogP contribution in [0.5, 0.6) is 0 Å². The van der Waals surface area contributed by atoms with Crippen molar-refractivity contribution in [1.82, 2.24) is 5.32 Å². The minimum atomic E-state index is -5.58. The van der Waals surface area contributed by atoms with Crippen LogP contribution in [0.25, 0.3) is 0 Å². The van der Waals surface area contributed by atoms with Crippen molar-refractivity contribution in [3.63, 3.8) is 0 Å². The second-order valence-corrected chi connectivity index (χ2v) is 23.5. The molecule has 0 radical (unpaired) electrons. The summed E-state index contributed by atoms with van der Waals surface area (Å²) in [6.07, 6.45) is -18.5. The molecule has 0 aromatic heterocycles. The Labute approximate surface area is 445 Å². The van der Waals surface area contributed by atoms with Crippen LogP contribution in [0.1, 0.15) is 132 Å². The van der Waals surface area contributed by atoms with Crippen LogP contribution in [-0.4, -0.2) is 194 Å². The van der Waals surface area contributed by atoms with Crippen molar-refractivity contribution in [2.45, 2.75) is 231 Å². The average Bonchev–Trinajstić information content (AvgIpc) is 3.33. The highest BCUT2D eigenvalue weighted by Gasteiger charge is 2.57. The molecule has 20 atom stereocenters. The molecule has 444 valence electrons. The maximum absolute atomic E-state index is 13.6. The van der Waals surface area contributed by atoms with E-state index in [0.29, 0.717) is 12.3 Å². The Balaban J connectivity index is 1.66. The van der Waals surface area contributed by atoms with Crippen molar-refractivity contribution < 1.29 is 112 Å². The number of aliphatic carboxylic acids is 1. The summed E-state index contributed by atoms with van der Waals surface area (Å²) in [5.41, 5.74) is 10.9. The Kier molecular flexibility index (Phi) is 28.4. The zero-order chi connectivity index (χ0) is 57.2. The summed E-state index contributed by atoms with van der Waals surface area (Å²) in [5.74, 6) is -1.54. The van der Waals surface area contributed by atoms with Crippen molar-refractivity contribution >= 4 is 31.7 Å². The predicted octanol–water partition coefficient (Wildman–Crippen LogP) is 1.05. The lowest BCUT2D eigenvalue weighted by atomic mass is 9.79. The number of amides is 3. The molecular formula is C49H90N3O23P. The molecule has 26 nitrogen and oxygen atoms in total. The van der Waals surface area contributed by atoms with Gasteiger partial charge in [-0.25, -0.2) is 14.2 Å². The van der Waals surface area contributed by atoms with E-state index in [4.69, 9.17) is 53.7 Å². The number of nitrogens with two attached hydrogens (primary N) is 2. The summed E-state index contributed by atoms with van der Waals surface area (Å²) in [4.78, 5) is 60.3. The quantitative estimate of drug-likeness (QED) is 0.0316. The fraction of sp³-hybridized carbons (Fsp3) is 0.918. The number of carbonyl (C=O) groups excluding carboxylic acids is 3. The molecule has 4 unspecified atom stereocenters. The molecule has 3 fully saturated rings. The van der Waals surface area contributed by atoms with Gasteiger partial charge in [-0.15, -0.1) is 0 Å². The number of phosphoric acid groups is 1. The number of carboxylic acid groups (broad SMARTS) is 1. The second kappa shape index (κ2) is 31.9. The zero-order valence-electron chi connectivity index (χ0n) is 45.2. The van der Waals surface area contributed by atoms with E-state index in [1.54, 1.807) is 0 Å². The van der Waals surface area contributed by atoms with Crippen LogP contribution in [0.2, 0.25) is 0 Å². The Morgan fingerprint density at radius 1 is 0.671 bits per heavy atom. The van der Waals surface area contributed by atoms with Gasteiger partial charge in [-0.1, -0.05) is 106 Å². The number of nitrogens with one attached hydrogen (secondary N) is 1. The highest BCUT2D eigenvalue weighted by Crippen LogP contribution is 2.48.